The quantitative estimate of drug-likeness (QED) is 0.688. The zero-order valence-corrected chi connectivity index (χ0v) is 8.60. The number of hydrogen-bond donors (Lipinski definition) is 1. The fraction of sp³-hybridized carbons (Fsp3) is 0.0769. The van der Waals surface area contributed by atoms with Gasteiger partial charge in [-0.05, 0) is 5.22 Å². The number of hydrogen-bond acceptors (Lipinski definition) is 2. The molecule has 16 heavy (non-hydrogen) atoms. The highest BCUT2D eigenvalue weighted by Gasteiger charge is 2.13. The molecule has 3 nitrogen and oxygen atoms in total. The fourth-order valence-electron chi connectivity index (χ4n) is 2.08. The molecule has 0 aromatic carbocycles. The summed E-state index contributed by atoms with van der Waals surface area (Å²) in [5.41, 5.74) is 7.93. The lowest BCUT2D eigenvalue weighted by Gasteiger charge is -2.09. The monoisotopic (exact) mass is 210 g/mol. The maximum atomic E-state index is 11.1. The third-order valence-corrected chi connectivity index (χ3v) is 2.94. The van der Waals surface area contributed by atoms with Crippen molar-refractivity contribution in [3.63, 3.8) is 0 Å². The minimum absolute atomic E-state index is 0.369. The SMILES string of the molecule is NC(=O)C1=CC=c2c(ncc3c2=CC=C3)C1. The zero-order chi connectivity index (χ0) is 11.1. The van der Waals surface area contributed by atoms with Gasteiger partial charge in [-0.1, -0.05) is 30.4 Å². The molecule has 0 fully saturated rings. The molecular weight excluding hydrogens is 200 g/mol. The molecule has 2 aliphatic carbocycles. The first kappa shape index (κ1) is 9.09. The predicted octanol–water partition coefficient (Wildman–Crippen LogP) is -0.363. The van der Waals surface area contributed by atoms with Gasteiger partial charge in [0, 0.05) is 29.0 Å². The Hall–Kier alpha value is -2.16. The predicted molar refractivity (Wildman–Crippen MR) is 62.4 cm³/mol. The Morgan fingerprint density at radius 3 is 2.94 bits per heavy atom. The second-order valence-electron chi connectivity index (χ2n) is 3.91. The second kappa shape index (κ2) is 3.17. The molecular formula is C13H10N2O. The highest BCUT2D eigenvalue weighted by atomic mass is 16.1. The number of aromatic nitrogens is 1. The molecule has 3 rings (SSSR count). The number of nitrogens with zero attached hydrogens (tertiary/aromatic N) is 1. The number of allylic oxidation sites excluding steroid dienone is 2. The van der Waals surface area contributed by atoms with E-state index in [1.54, 1.807) is 6.08 Å². The van der Waals surface area contributed by atoms with Crippen molar-refractivity contribution < 1.29 is 4.79 Å². The first-order chi connectivity index (χ1) is 7.75. The molecule has 78 valence electrons. The molecule has 1 aromatic rings. The molecule has 0 saturated carbocycles. The van der Waals surface area contributed by atoms with E-state index in [0.717, 1.165) is 16.5 Å². The zero-order valence-electron chi connectivity index (χ0n) is 8.60. The molecule has 0 radical (unpaired) electrons. The maximum Gasteiger partial charge on any atom is 0.245 e. The summed E-state index contributed by atoms with van der Waals surface area (Å²) < 4.78 is 0. The van der Waals surface area contributed by atoms with Gasteiger partial charge in [0.25, 0.3) is 0 Å². The minimum Gasteiger partial charge on any atom is -0.366 e. The number of rotatable bonds is 1. The van der Waals surface area contributed by atoms with Gasteiger partial charge in [-0.3, -0.25) is 9.78 Å². The van der Waals surface area contributed by atoms with E-state index in [0.29, 0.717) is 12.0 Å². The van der Waals surface area contributed by atoms with E-state index < -0.39 is 0 Å². The van der Waals surface area contributed by atoms with Crippen molar-refractivity contribution in [3.05, 3.63) is 45.6 Å². The van der Waals surface area contributed by atoms with Crippen LogP contribution in [0.3, 0.4) is 0 Å². The van der Waals surface area contributed by atoms with E-state index in [9.17, 15) is 4.79 Å². The summed E-state index contributed by atoms with van der Waals surface area (Å²) in [6, 6.07) is 0. The molecule has 0 saturated heterocycles. The molecule has 2 N–H and O–H groups in total. The molecule has 0 bridgehead atoms. The van der Waals surface area contributed by atoms with Crippen LogP contribution in [-0.4, -0.2) is 10.9 Å². The third-order valence-electron chi connectivity index (χ3n) is 2.94. The number of pyridine rings is 1. The molecule has 0 atom stereocenters. The Bertz CT molecular complexity index is 666. The van der Waals surface area contributed by atoms with Crippen molar-refractivity contribution in [2.75, 3.05) is 0 Å². The van der Waals surface area contributed by atoms with Gasteiger partial charge in [0.15, 0.2) is 0 Å². The standard InChI is InChI=1S/C13H10N2O/c14-13(16)8-4-5-11-10-3-1-2-9(10)7-15-12(11)6-8/h1-5,7H,6H2,(H2,14,16). The lowest BCUT2D eigenvalue weighted by molar-refractivity contribution is -0.114. The van der Waals surface area contributed by atoms with Gasteiger partial charge in [-0.2, -0.15) is 0 Å². The fourth-order valence-corrected chi connectivity index (χ4v) is 2.08. The van der Waals surface area contributed by atoms with Crippen LogP contribution in [0.25, 0.3) is 18.2 Å². The van der Waals surface area contributed by atoms with E-state index in [1.165, 1.54) is 5.22 Å². The number of amides is 1. The van der Waals surface area contributed by atoms with Crippen molar-refractivity contribution in [2.24, 2.45) is 5.73 Å². The van der Waals surface area contributed by atoms with Crippen LogP contribution in [0.15, 0.2) is 23.9 Å². The van der Waals surface area contributed by atoms with Gasteiger partial charge in [-0.15, -0.1) is 0 Å². The van der Waals surface area contributed by atoms with E-state index in [1.807, 2.05) is 24.4 Å². The first-order valence-corrected chi connectivity index (χ1v) is 5.13. The molecule has 0 aliphatic heterocycles. The maximum absolute atomic E-state index is 11.1. The largest absolute Gasteiger partial charge is 0.366 e. The van der Waals surface area contributed by atoms with Crippen LogP contribution in [0.1, 0.15) is 11.3 Å². The molecule has 3 heteroatoms. The Morgan fingerprint density at radius 2 is 2.12 bits per heavy atom. The van der Waals surface area contributed by atoms with Crippen LogP contribution < -0.4 is 16.2 Å². The summed E-state index contributed by atoms with van der Waals surface area (Å²) in [6.45, 7) is 0. The highest BCUT2D eigenvalue weighted by Crippen LogP contribution is 2.07. The summed E-state index contributed by atoms with van der Waals surface area (Å²) in [6.07, 6.45) is 12.2. The number of fused-ring (bicyclic) bond motifs is 3. The average molecular weight is 210 g/mol. The van der Waals surface area contributed by atoms with Crippen LogP contribution in [0.5, 0.6) is 0 Å². The van der Waals surface area contributed by atoms with E-state index in [-0.39, 0.29) is 5.91 Å². The second-order valence-corrected chi connectivity index (χ2v) is 3.91. The Kier molecular flexibility index (Phi) is 1.80. The van der Waals surface area contributed by atoms with Crippen molar-refractivity contribution in [3.8, 4) is 0 Å². The molecule has 0 spiro atoms. The van der Waals surface area contributed by atoms with Crippen molar-refractivity contribution in [1.29, 1.82) is 0 Å². The van der Waals surface area contributed by atoms with Gasteiger partial charge in [-0.25, -0.2) is 0 Å². The van der Waals surface area contributed by atoms with Gasteiger partial charge in [0.05, 0.1) is 5.69 Å². The lowest BCUT2D eigenvalue weighted by atomic mass is 10.00. The van der Waals surface area contributed by atoms with Crippen LogP contribution in [0, 0.1) is 0 Å². The number of carbonyl (C=O) groups excluding carboxylic acids is 1. The van der Waals surface area contributed by atoms with E-state index >= 15 is 0 Å². The minimum atomic E-state index is -0.369. The van der Waals surface area contributed by atoms with Crippen molar-refractivity contribution >= 4 is 24.1 Å². The Labute approximate surface area is 92.3 Å². The molecule has 1 amide bonds. The van der Waals surface area contributed by atoms with Gasteiger partial charge >= 0.3 is 0 Å². The number of nitrogens with two attached hydrogens (primary N) is 1. The normalized spacial score (nSPS) is 15.6. The van der Waals surface area contributed by atoms with Crippen LogP contribution in [-0.2, 0) is 11.2 Å². The summed E-state index contributed by atoms with van der Waals surface area (Å²) >= 11 is 0. The van der Waals surface area contributed by atoms with Crippen LogP contribution in [0.4, 0.5) is 0 Å². The van der Waals surface area contributed by atoms with E-state index in [2.05, 4.69) is 11.1 Å². The van der Waals surface area contributed by atoms with Crippen molar-refractivity contribution in [2.45, 2.75) is 6.42 Å². The summed E-state index contributed by atoms with van der Waals surface area (Å²) in [5, 5.41) is 2.29. The third kappa shape index (κ3) is 1.21. The molecule has 0 unspecified atom stereocenters. The smallest absolute Gasteiger partial charge is 0.245 e. The summed E-state index contributed by atoms with van der Waals surface area (Å²) in [7, 11) is 0. The van der Waals surface area contributed by atoms with Gasteiger partial charge in [0.1, 0.15) is 0 Å². The number of primary amides is 1. The van der Waals surface area contributed by atoms with Crippen molar-refractivity contribution in [1.82, 2.24) is 4.98 Å². The Morgan fingerprint density at radius 1 is 1.25 bits per heavy atom. The summed E-state index contributed by atoms with van der Waals surface area (Å²) in [5.74, 6) is -0.369. The van der Waals surface area contributed by atoms with Crippen LogP contribution in [0.2, 0.25) is 0 Å². The van der Waals surface area contributed by atoms with Gasteiger partial charge < -0.3 is 5.73 Å². The Balaban J connectivity index is 2.27. The molecule has 1 aromatic heterocycles. The topological polar surface area (TPSA) is 56.0 Å². The molecule has 2 aliphatic rings. The number of carbonyl (C=O) groups is 1. The van der Waals surface area contributed by atoms with Gasteiger partial charge in [0.2, 0.25) is 5.91 Å². The molecule has 1 heterocycles. The summed E-state index contributed by atoms with van der Waals surface area (Å²) in [4.78, 5) is 15.5. The first-order valence-electron chi connectivity index (χ1n) is 5.13. The van der Waals surface area contributed by atoms with Crippen LogP contribution >= 0.6 is 0 Å². The average Bonchev–Trinajstić information content (AvgIpc) is 2.76. The lowest BCUT2D eigenvalue weighted by Crippen LogP contribution is -2.34. The highest BCUT2D eigenvalue weighted by molar-refractivity contribution is 5.94. The van der Waals surface area contributed by atoms with E-state index in [4.69, 9.17) is 5.73 Å².